The number of carbonyl (C=O) groups excluding carboxylic acids is 1. The Morgan fingerprint density at radius 1 is 1.25 bits per heavy atom. The lowest BCUT2D eigenvalue weighted by Gasteiger charge is -2.32. The van der Waals surface area contributed by atoms with E-state index in [0.29, 0.717) is 12.8 Å². The SMILES string of the molecule is C=CCC(CC=C)(C(=O)N[C@@H](C)CC)c1ccccc1. The van der Waals surface area contributed by atoms with E-state index in [2.05, 4.69) is 25.4 Å². The van der Waals surface area contributed by atoms with E-state index in [1.54, 1.807) is 0 Å². The molecule has 2 heteroatoms. The van der Waals surface area contributed by atoms with Gasteiger partial charge in [0.2, 0.25) is 5.91 Å². The lowest BCUT2D eigenvalue weighted by molar-refractivity contribution is -0.127. The van der Waals surface area contributed by atoms with Crippen LogP contribution in [0.3, 0.4) is 0 Å². The average molecular weight is 271 g/mol. The summed E-state index contributed by atoms with van der Waals surface area (Å²) in [5.41, 5.74) is 0.411. The van der Waals surface area contributed by atoms with Crippen LogP contribution in [-0.4, -0.2) is 11.9 Å². The minimum absolute atomic E-state index is 0.0536. The van der Waals surface area contributed by atoms with Crippen molar-refractivity contribution >= 4 is 5.91 Å². The molecular weight excluding hydrogens is 246 g/mol. The van der Waals surface area contributed by atoms with Crippen LogP contribution in [0.15, 0.2) is 55.6 Å². The summed E-state index contributed by atoms with van der Waals surface area (Å²) < 4.78 is 0. The Morgan fingerprint density at radius 2 is 1.80 bits per heavy atom. The van der Waals surface area contributed by atoms with E-state index in [-0.39, 0.29) is 11.9 Å². The summed E-state index contributed by atoms with van der Waals surface area (Å²) in [5.74, 6) is 0.0536. The van der Waals surface area contributed by atoms with Gasteiger partial charge in [-0.25, -0.2) is 0 Å². The van der Waals surface area contributed by atoms with Gasteiger partial charge in [-0.2, -0.15) is 0 Å². The molecule has 2 nitrogen and oxygen atoms in total. The fraction of sp³-hybridized carbons (Fsp3) is 0.389. The van der Waals surface area contributed by atoms with Gasteiger partial charge < -0.3 is 5.32 Å². The third-order valence-electron chi connectivity index (χ3n) is 3.74. The van der Waals surface area contributed by atoms with Crippen molar-refractivity contribution in [2.75, 3.05) is 0 Å². The van der Waals surface area contributed by atoms with Crippen LogP contribution < -0.4 is 5.32 Å². The summed E-state index contributed by atoms with van der Waals surface area (Å²) in [5, 5.41) is 3.10. The second-order valence-electron chi connectivity index (χ2n) is 5.22. The van der Waals surface area contributed by atoms with E-state index in [0.717, 1.165) is 12.0 Å². The van der Waals surface area contributed by atoms with E-state index in [4.69, 9.17) is 0 Å². The highest BCUT2D eigenvalue weighted by molar-refractivity contribution is 5.89. The van der Waals surface area contributed by atoms with Gasteiger partial charge >= 0.3 is 0 Å². The van der Waals surface area contributed by atoms with Gasteiger partial charge in [0.1, 0.15) is 0 Å². The smallest absolute Gasteiger partial charge is 0.231 e. The predicted octanol–water partition coefficient (Wildman–Crippen LogP) is 3.99. The Labute approximate surface area is 122 Å². The molecule has 1 rings (SSSR count). The van der Waals surface area contributed by atoms with E-state index in [1.807, 2.05) is 49.4 Å². The maximum atomic E-state index is 12.8. The Balaban J connectivity index is 3.20. The lowest BCUT2D eigenvalue weighted by atomic mass is 9.74. The highest BCUT2D eigenvalue weighted by Crippen LogP contribution is 2.33. The van der Waals surface area contributed by atoms with Crippen molar-refractivity contribution in [1.29, 1.82) is 0 Å². The zero-order chi connectivity index (χ0) is 15.0. The summed E-state index contributed by atoms with van der Waals surface area (Å²) >= 11 is 0. The zero-order valence-corrected chi connectivity index (χ0v) is 12.6. The fourth-order valence-corrected chi connectivity index (χ4v) is 2.35. The molecule has 0 saturated carbocycles. The Bertz CT molecular complexity index is 440. The molecule has 0 aliphatic rings. The molecule has 0 heterocycles. The number of benzene rings is 1. The molecular formula is C18H25NO. The van der Waals surface area contributed by atoms with Gasteiger partial charge in [0.05, 0.1) is 5.41 Å². The van der Waals surface area contributed by atoms with Crippen LogP contribution in [0.1, 0.15) is 38.7 Å². The van der Waals surface area contributed by atoms with E-state index in [1.165, 1.54) is 0 Å². The van der Waals surface area contributed by atoms with E-state index < -0.39 is 5.41 Å². The summed E-state index contributed by atoms with van der Waals surface area (Å²) in [6, 6.07) is 10.1. The summed E-state index contributed by atoms with van der Waals surface area (Å²) in [6.07, 6.45) is 5.74. The molecule has 108 valence electrons. The molecule has 0 bridgehead atoms. The number of rotatable bonds is 8. The van der Waals surface area contributed by atoms with Gasteiger partial charge in [-0.15, -0.1) is 13.2 Å². The van der Waals surface area contributed by atoms with Crippen LogP contribution in [-0.2, 0) is 10.2 Å². The van der Waals surface area contributed by atoms with Crippen molar-refractivity contribution in [3.05, 3.63) is 61.2 Å². The molecule has 0 fully saturated rings. The molecule has 20 heavy (non-hydrogen) atoms. The predicted molar refractivity (Wildman–Crippen MR) is 85.6 cm³/mol. The first-order valence-electron chi connectivity index (χ1n) is 7.19. The molecule has 0 spiro atoms. The van der Waals surface area contributed by atoms with Crippen molar-refractivity contribution in [3.8, 4) is 0 Å². The molecule has 1 N–H and O–H groups in total. The third-order valence-corrected chi connectivity index (χ3v) is 3.74. The van der Waals surface area contributed by atoms with Crippen LogP contribution in [0.25, 0.3) is 0 Å². The molecule has 0 saturated heterocycles. The fourth-order valence-electron chi connectivity index (χ4n) is 2.35. The molecule has 0 aromatic heterocycles. The molecule has 1 aromatic carbocycles. The molecule has 1 atom stereocenters. The lowest BCUT2D eigenvalue weighted by Crippen LogP contribution is -2.47. The molecule has 0 aliphatic heterocycles. The van der Waals surface area contributed by atoms with Crippen molar-refractivity contribution in [2.24, 2.45) is 0 Å². The van der Waals surface area contributed by atoms with Crippen molar-refractivity contribution < 1.29 is 4.79 Å². The van der Waals surface area contributed by atoms with E-state index >= 15 is 0 Å². The Hall–Kier alpha value is -1.83. The second kappa shape index (κ2) is 7.68. The minimum atomic E-state index is -0.603. The van der Waals surface area contributed by atoms with Gasteiger partial charge in [-0.1, -0.05) is 49.4 Å². The van der Waals surface area contributed by atoms with Crippen molar-refractivity contribution in [1.82, 2.24) is 5.32 Å². The molecule has 0 radical (unpaired) electrons. The number of hydrogen-bond acceptors (Lipinski definition) is 1. The first kappa shape index (κ1) is 16.2. The van der Waals surface area contributed by atoms with Crippen LogP contribution in [0, 0.1) is 0 Å². The number of nitrogens with one attached hydrogen (secondary N) is 1. The molecule has 1 aromatic rings. The number of amides is 1. The summed E-state index contributed by atoms with van der Waals surface area (Å²) in [6.45, 7) is 11.7. The van der Waals surface area contributed by atoms with Gasteiger partial charge in [0.25, 0.3) is 0 Å². The second-order valence-corrected chi connectivity index (χ2v) is 5.22. The quantitative estimate of drug-likeness (QED) is 0.712. The Morgan fingerprint density at radius 3 is 2.25 bits per heavy atom. The highest BCUT2D eigenvalue weighted by atomic mass is 16.2. The zero-order valence-electron chi connectivity index (χ0n) is 12.6. The normalized spacial score (nSPS) is 12.5. The molecule has 1 amide bonds. The number of allylic oxidation sites excluding steroid dienone is 2. The Kier molecular flexibility index (Phi) is 6.23. The number of carbonyl (C=O) groups is 1. The van der Waals surface area contributed by atoms with Gasteiger partial charge in [-0.05, 0) is 31.7 Å². The van der Waals surface area contributed by atoms with Gasteiger partial charge in [0, 0.05) is 6.04 Å². The highest BCUT2D eigenvalue weighted by Gasteiger charge is 2.38. The monoisotopic (exact) mass is 271 g/mol. The minimum Gasteiger partial charge on any atom is -0.353 e. The van der Waals surface area contributed by atoms with Gasteiger partial charge in [-0.3, -0.25) is 4.79 Å². The van der Waals surface area contributed by atoms with Crippen LogP contribution in [0.2, 0.25) is 0 Å². The average Bonchev–Trinajstić information content (AvgIpc) is 2.47. The van der Waals surface area contributed by atoms with Crippen molar-refractivity contribution in [3.63, 3.8) is 0 Å². The van der Waals surface area contributed by atoms with Crippen molar-refractivity contribution in [2.45, 2.75) is 44.6 Å². The first-order valence-corrected chi connectivity index (χ1v) is 7.19. The largest absolute Gasteiger partial charge is 0.353 e. The maximum Gasteiger partial charge on any atom is 0.231 e. The first-order chi connectivity index (χ1) is 9.60. The topological polar surface area (TPSA) is 29.1 Å². The summed E-state index contributed by atoms with van der Waals surface area (Å²) in [7, 11) is 0. The van der Waals surface area contributed by atoms with Crippen LogP contribution in [0.5, 0.6) is 0 Å². The summed E-state index contributed by atoms with van der Waals surface area (Å²) in [4.78, 5) is 12.8. The van der Waals surface area contributed by atoms with Crippen LogP contribution >= 0.6 is 0 Å². The maximum absolute atomic E-state index is 12.8. The standard InChI is InChI=1S/C18H25NO/c1-5-13-18(14-6-2,16-11-9-8-10-12-16)17(20)19-15(4)7-3/h5-6,8-12,15H,1-2,7,13-14H2,3-4H3,(H,19,20)/t15-/m0/s1. The van der Waals surface area contributed by atoms with Gasteiger partial charge in [0.15, 0.2) is 0 Å². The van der Waals surface area contributed by atoms with E-state index in [9.17, 15) is 4.79 Å². The molecule has 0 aliphatic carbocycles. The van der Waals surface area contributed by atoms with Crippen LogP contribution in [0.4, 0.5) is 0 Å². The molecule has 0 unspecified atom stereocenters. The third kappa shape index (κ3) is 3.60. The number of hydrogen-bond donors (Lipinski definition) is 1.